The second-order valence-electron chi connectivity index (χ2n) is 7.39. The van der Waals surface area contributed by atoms with Crippen LogP contribution in [0.4, 0.5) is 0 Å². The van der Waals surface area contributed by atoms with Gasteiger partial charge in [-0.15, -0.1) is 0 Å². The van der Waals surface area contributed by atoms with Gasteiger partial charge in [-0.25, -0.2) is 4.79 Å². The Labute approximate surface area is 164 Å². The summed E-state index contributed by atoms with van der Waals surface area (Å²) in [5, 5.41) is 14.6. The summed E-state index contributed by atoms with van der Waals surface area (Å²) >= 11 is 0. The molecule has 0 saturated carbocycles. The summed E-state index contributed by atoms with van der Waals surface area (Å²) in [4.78, 5) is 24.8. The first-order valence-electron chi connectivity index (χ1n) is 9.71. The number of fused-ring (bicyclic) bond motifs is 2. The smallest absolute Gasteiger partial charge is 0.326 e. The number of carboxylic acids is 1. The summed E-state index contributed by atoms with van der Waals surface area (Å²) in [7, 11) is 0. The molecule has 0 fully saturated rings. The van der Waals surface area contributed by atoms with E-state index in [1.54, 1.807) is 0 Å². The van der Waals surface area contributed by atoms with Crippen LogP contribution in [0, 0.1) is 0 Å². The van der Waals surface area contributed by atoms with E-state index in [4.69, 9.17) is 0 Å². The molecule has 1 aliphatic rings. The Bertz CT molecular complexity index is 1020. The fourth-order valence-corrected chi connectivity index (χ4v) is 4.19. The van der Waals surface area contributed by atoms with Crippen LogP contribution < -0.4 is 5.32 Å². The second-order valence-corrected chi connectivity index (χ2v) is 7.39. The number of carbonyl (C=O) groups is 2. The molecule has 0 saturated heterocycles. The number of amides is 1. The van der Waals surface area contributed by atoms with Crippen LogP contribution in [0.3, 0.4) is 0 Å². The summed E-state index contributed by atoms with van der Waals surface area (Å²) in [6.07, 6.45) is 2.93. The zero-order chi connectivity index (χ0) is 19.5. The Morgan fingerprint density at radius 2 is 1.75 bits per heavy atom. The monoisotopic (exact) mass is 373 g/mol. The number of rotatable bonds is 5. The van der Waals surface area contributed by atoms with E-state index in [0.29, 0.717) is 0 Å². The van der Waals surface area contributed by atoms with Gasteiger partial charge in [-0.2, -0.15) is 0 Å². The highest BCUT2D eigenvalue weighted by Crippen LogP contribution is 2.31. The minimum Gasteiger partial charge on any atom is -0.480 e. The van der Waals surface area contributed by atoms with Crippen LogP contribution in [0.5, 0.6) is 0 Å². The van der Waals surface area contributed by atoms with Crippen molar-refractivity contribution in [2.45, 2.75) is 37.6 Å². The maximum atomic E-state index is 13.0. The van der Waals surface area contributed by atoms with Gasteiger partial charge in [0.05, 0.1) is 5.92 Å². The fraction of sp³-hybridized carbons (Fsp3) is 0.250. The Balaban J connectivity index is 1.56. The minimum absolute atomic E-state index is 0.195. The van der Waals surface area contributed by atoms with E-state index < -0.39 is 12.0 Å². The lowest BCUT2D eigenvalue weighted by atomic mass is 9.82. The van der Waals surface area contributed by atoms with Crippen LogP contribution in [-0.4, -0.2) is 23.0 Å². The molecule has 142 valence electrons. The molecule has 0 aromatic heterocycles. The number of benzene rings is 3. The molecule has 4 nitrogen and oxygen atoms in total. The topological polar surface area (TPSA) is 66.4 Å². The normalized spacial score (nSPS) is 16.9. The quantitative estimate of drug-likeness (QED) is 0.708. The van der Waals surface area contributed by atoms with Gasteiger partial charge in [0, 0.05) is 6.42 Å². The Morgan fingerprint density at radius 1 is 1.00 bits per heavy atom. The third-order valence-corrected chi connectivity index (χ3v) is 5.60. The lowest BCUT2D eigenvalue weighted by Gasteiger charge is -2.26. The molecular weight excluding hydrogens is 350 g/mol. The Morgan fingerprint density at radius 3 is 2.61 bits per heavy atom. The fourth-order valence-electron chi connectivity index (χ4n) is 4.19. The molecule has 1 aliphatic carbocycles. The first-order chi connectivity index (χ1) is 13.6. The van der Waals surface area contributed by atoms with E-state index >= 15 is 0 Å². The molecule has 3 aromatic carbocycles. The molecule has 2 N–H and O–H groups in total. The van der Waals surface area contributed by atoms with Gasteiger partial charge >= 0.3 is 5.97 Å². The maximum Gasteiger partial charge on any atom is 0.326 e. The number of aliphatic carboxylic acids is 1. The molecule has 0 unspecified atom stereocenters. The van der Waals surface area contributed by atoms with Gasteiger partial charge < -0.3 is 10.4 Å². The van der Waals surface area contributed by atoms with Gasteiger partial charge in [0.15, 0.2) is 0 Å². The van der Waals surface area contributed by atoms with Crippen molar-refractivity contribution in [3.05, 3.63) is 83.4 Å². The van der Waals surface area contributed by atoms with Crippen molar-refractivity contribution in [1.29, 1.82) is 0 Å². The van der Waals surface area contributed by atoms with Crippen LogP contribution >= 0.6 is 0 Å². The predicted molar refractivity (Wildman–Crippen MR) is 109 cm³/mol. The lowest BCUT2D eigenvalue weighted by molar-refractivity contribution is -0.142. The molecule has 28 heavy (non-hydrogen) atoms. The zero-order valence-electron chi connectivity index (χ0n) is 15.6. The first kappa shape index (κ1) is 18.2. The number of carboxylic acid groups (broad SMARTS) is 1. The molecule has 2 atom stereocenters. The molecule has 4 heteroatoms. The summed E-state index contributed by atoms with van der Waals surface area (Å²) < 4.78 is 0. The van der Waals surface area contributed by atoms with Crippen LogP contribution in [0.1, 0.15) is 35.4 Å². The molecule has 3 aromatic rings. The van der Waals surface area contributed by atoms with Crippen molar-refractivity contribution in [2.75, 3.05) is 0 Å². The van der Waals surface area contributed by atoms with Gasteiger partial charge in [0.2, 0.25) is 5.91 Å². The molecule has 0 bridgehead atoms. The largest absolute Gasteiger partial charge is 0.480 e. The molecule has 4 rings (SSSR count). The van der Waals surface area contributed by atoms with Crippen molar-refractivity contribution in [3.63, 3.8) is 0 Å². The highest BCUT2D eigenvalue weighted by molar-refractivity contribution is 5.90. The van der Waals surface area contributed by atoms with Gasteiger partial charge in [-0.3, -0.25) is 4.79 Å². The second kappa shape index (κ2) is 7.85. The van der Waals surface area contributed by atoms with Gasteiger partial charge in [-0.05, 0) is 46.7 Å². The maximum absolute atomic E-state index is 13.0. The molecule has 1 amide bonds. The number of nitrogens with one attached hydrogen (secondary N) is 1. The van der Waals surface area contributed by atoms with E-state index in [2.05, 4.69) is 11.4 Å². The molecule has 0 spiro atoms. The average Bonchev–Trinajstić information content (AvgIpc) is 2.73. The van der Waals surface area contributed by atoms with Crippen molar-refractivity contribution < 1.29 is 14.7 Å². The van der Waals surface area contributed by atoms with Crippen molar-refractivity contribution in [1.82, 2.24) is 5.32 Å². The Hall–Kier alpha value is -3.14. The predicted octanol–water partition coefficient (Wildman–Crippen LogP) is 4.07. The highest BCUT2D eigenvalue weighted by atomic mass is 16.4. The van der Waals surface area contributed by atoms with E-state index in [9.17, 15) is 14.7 Å². The third kappa shape index (κ3) is 3.63. The third-order valence-electron chi connectivity index (χ3n) is 5.60. The van der Waals surface area contributed by atoms with Crippen LogP contribution in [0.15, 0.2) is 66.7 Å². The molecule has 0 aliphatic heterocycles. The summed E-state index contributed by atoms with van der Waals surface area (Å²) in [5.74, 6) is -1.48. The van der Waals surface area contributed by atoms with Crippen molar-refractivity contribution in [3.8, 4) is 0 Å². The lowest BCUT2D eigenvalue weighted by Crippen LogP contribution is -2.44. The van der Waals surface area contributed by atoms with E-state index in [-0.39, 0.29) is 18.2 Å². The molecule has 0 radical (unpaired) electrons. The standard InChI is InChI=1S/C24H23NO3/c26-23(21-14-6-10-17-8-2-4-13-20(17)21)25-22(24(27)28)15-18-11-5-9-16-7-1-3-12-19(16)18/h1-5,7-9,11-13,21-22H,6,10,14-15H2,(H,25,26)(H,27,28)/t21-,22-/m0/s1. The van der Waals surface area contributed by atoms with Gasteiger partial charge in [0.25, 0.3) is 0 Å². The summed E-state index contributed by atoms with van der Waals surface area (Å²) in [5.41, 5.74) is 3.14. The number of aryl methyl sites for hydroxylation is 1. The molecule has 0 heterocycles. The van der Waals surface area contributed by atoms with Crippen molar-refractivity contribution >= 4 is 22.6 Å². The van der Waals surface area contributed by atoms with Crippen LogP contribution in [0.25, 0.3) is 10.8 Å². The number of hydrogen-bond donors (Lipinski definition) is 2. The summed E-state index contributed by atoms with van der Waals surface area (Å²) in [6, 6.07) is 20.8. The number of carbonyl (C=O) groups excluding carboxylic acids is 1. The minimum atomic E-state index is -1.01. The van der Waals surface area contributed by atoms with Gasteiger partial charge in [0.1, 0.15) is 6.04 Å². The average molecular weight is 373 g/mol. The SMILES string of the molecule is O=C(O)[C@H](Cc1cccc2ccccc12)NC(=O)[C@H]1CCCc2ccccc21. The zero-order valence-corrected chi connectivity index (χ0v) is 15.6. The van der Waals surface area contributed by atoms with E-state index in [0.717, 1.165) is 41.2 Å². The van der Waals surface area contributed by atoms with Crippen LogP contribution in [0.2, 0.25) is 0 Å². The van der Waals surface area contributed by atoms with E-state index in [1.165, 1.54) is 5.56 Å². The molecular formula is C24H23NO3. The Kier molecular flexibility index (Phi) is 5.11. The van der Waals surface area contributed by atoms with Crippen molar-refractivity contribution in [2.24, 2.45) is 0 Å². The highest BCUT2D eigenvalue weighted by Gasteiger charge is 2.29. The first-order valence-corrected chi connectivity index (χ1v) is 9.71. The van der Waals surface area contributed by atoms with Crippen LogP contribution in [-0.2, 0) is 22.4 Å². The van der Waals surface area contributed by atoms with Gasteiger partial charge in [-0.1, -0.05) is 66.7 Å². The van der Waals surface area contributed by atoms with E-state index in [1.807, 2.05) is 60.7 Å². The number of hydrogen-bond acceptors (Lipinski definition) is 2. The summed E-state index contributed by atoms with van der Waals surface area (Å²) in [6.45, 7) is 0.